The van der Waals surface area contributed by atoms with Crippen molar-refractivity contribution in [2.75, 3.05) is 19.6 Å². The zero-order chi connectivity index (χ0) is 22.2. The molecule has 2 N–H and O–H groups in total. The largest absolute Gasteiger partial charge is 0.357 e. The Morgan fingerprint density at radius 1 is 1.10 bits per heavy atom. The molecule has 0 saturated carbocycles. The van der Waals surface area contributed by atoms with E-state index in [0.29, 0.717) is 6.54 Å². The molecule has 6 heteroatoms. The number of piperidine rings is 1. The summed E-state index contributed by atoms with van der Waals surface area (Å²) in [5, 5.41) is 11.5. The maximum absolute atomic E-state index is 4.82. The molecule has 0 spiro atoms. The maximum Gasteiger partial charge on any atom is 0.191 e. The van der Waals surface area contributed by atoms with Gasteiger partial charge in [-0.05, 0) is 76.7 Å². The summed E-state index contributed by atoms with van der Waals surface area (Å²) in [5.74, 6) is 0.867. The minimum Gasteiger partial charge on any atom is -0.357 e. The summed E-state index contributed by atoms with van der Waals surface area (Å²) in [6, 6.07) is 9.23. The first-order chi connectivity index (χ1) is 15.0. The summed E-state index contributed by atoms with van der Waals surface area (Å²) in [6.45, 7) is 13.6. The van der Waals surface area contributed by atoms with Gasteiger partial charge in [0.1, 0.15) is 0 Å². The average Bonchev–Trinajstić information content (AvgIpc) is 3.00. The second-order valence-electron chi connectivity index (χ2n) is 8.87. The van der Waals surface area contributed by atoms with Crippen LogP contribution in [0.3, 0.4) is 0 Å². The van der Waals surface area contributed by atoms with Crippen molar-refractivity contribution >= 4 is 5.96 Å². The molecule has 0 amide bonds. The van der Waals surface area contributed by atoms with E-state index in [1.54, 1.807) is 0 Å². The minimum absolute atomic E-state index is 0.270. The van der Waals surface area contributed by atoms with E-state index in [9.17, 15) is 0 Å². The molecular weight excluding hydrogens is 384 g/mol. The number of nitrogens with zero attached hydrogens (tertiary/aromatic N) is 4. The normalized spacial score (nSPS) is 16.4. The van der Waals surface area contributed by atoms with Gasteiger partial charge in [-0.1, -0.05) is 30.7 Å². The van der Waals surface area contributed by atoms with Gasteiger partial charge in [0.2, 0.25) is 0 Å². The van der Waals surface area contributed by atoms with Crippen molar-refractivity contribution in [3.05, 3.63) is 52.3 Å². The lowest BCUT2D eigenvalue weighted by molar-refractivity contribution is 0.221. The van der Waals surface area contributed by atoms with Gasteiger partial charge in [-0.25, -0.2) is 4.99 Å². The van der Waals surface area contributed by atoms with Crippen LogP contribution in [0.1, 0.15) is 61.2 Å². The lowest BCUT2D eigenvalue weighted by atomic mass is 10.1. The zero-order valence-electron chi connectivity index (χ0n) is 20.0. The van der Waals surface area contributed by atoms with Gasteiger partial charge in [-0.15, -0.1) is 0 Å². The van der Waals surface area contributed by atoms with Gasteiger partial charge in [-0.3, -0.25) is 9.58 Å². The molecule has 6 nitrogen and oxygen atoms in total. The highest BCUT2D eigenvalue weighted by Crippen LogP contribution is 2.15. The van der Waals surface area contributed by atoms with Crippen LogP contribution in [-0.2, 0) is 26.6 Å². The first-order valence-electron chi connectivity index (χ1n) is 11.8. The molecular formula is C25H40N6. The van der Waals surface area contributed by atoms with Crippen LogP contribution in [0.2, 0.25) is 0 Å². The highest BCUT2D eigenvalue weighted by Gasteiger charge is 2.14. The van der Waals surface area contributed by atoms with Gasteiger partial charge in [-0.2, -0.15) is 5.10 Å². The van der Waals surface area contributed by atoms with E-state index in [4.69, 9.17) is 4.99 Å². The Hall–Kier alpha value is -2.34. The maximum atomic E-state index is 4.82. The minimum atomic E-state index is 0.270. The molecule has 3 rings (SSSR count). The molecule has 1 aliphatic heterocycles. The van der Waals surface area contributed by atoms with Crippen LogP contribution in [-0.4, -0.2) is 46.3 Å². The van der Waals surface area contributed by atoms with E-state index in [2.05, 4.69) is 72.6 Å². The fraction of sp³-hybridized carbons (Fsp3) is 0.600. The smallest absolute Gasteiger partial charge is 0.191 e. The summed E-state index contributed by atoms with van der Waals surface area (Å²) >= 11 is 0. The van der Waals surface area contributed by atoms with E-state index >= 15 is 0 Å². The Morgan fingerprint density at radius 3 is 2.39 bits per heavy atom. The second-order valence-corrected chi connectivity index (χ2v) is 8.87. The Labute approximate surface area is 188 Å². The van der Waals surface area contributed by atoms with Crippen LogP contribution < -0.4 is 10.6 Å². The molecule has 2 heterocycles. The lowest BCUT2D eigenvalue weighted by Gasteiger charge is -2.26. The van der Waals surface area contributed by atoms with Crippen LogP contribution in [0, 0.1) is 13.8 Å². The monoisotopic (exact) mass is 424 g/mol. The standard InChI is InChI=1S/C25H40N6/c1-6-26-25(28-19(2)16-24-20(3)29-30(5)21(24)4)27-17-22-10-12-23(13-11-22)18-31-14-8-7-9-15-31/h10-13,19H,6-9,14-18H2,1-5H3,(H2,26,27,28). The Balaban J connectivity index is 1.55. The molecule has 0 radical (unpaired) electrons. The molecule has 31 heavy (non-hydrogen) atoms. The summed E-state index contributed by atoms with van der Waals surface area (Å²) < 4.78 is 1.96. The van der Waals surface area contributed by atoms with Gasteiger partial charge < -0.3 is 10.6 Å². The van der Waals surface area contributed by atoms with Crippen LogP contribution in [0.25, 0.3) is 0 Å². The number of benzene rings is 1. The molecule has 0 aliphatic carbocycles. The summed E-state index contributed by atoms with van der Waals surface area (Å²) in [6.07, 6.45) is 4.99. The van der Waals surface area contributed by atoms with Crippen molar-refractivity contribution in [3.63, 3.8) is 0 Å². The number of rotatable bonds is 8. The molecule has 1 unspecified atom stereocenters. The third-order valence-electron chi connectivity index (χ3n) is 6.19. The van der Waals surface area contributed by atoms with E-state index in [0.717, 1.165) is 31.2 Å². The number of hydrogen-bond acceptors (Lipinski definition) is 3. The molecule has 1 fully saturated rings. The summed E-state index contributed by atoms with van der Waals surface area (Å²) in [4.78, 5) is 7.39. The zero-order valence-corrected chi connectivity index (χ0v) is 20.0. The van der Waals surface area contributed by atoms with Gasteiger partial charge in [0.15, 0.2) is 5.96 Å². The molecule has 2 aromatic rings. The molecule has 1 aliphatic rings. The Morgan fingerprint density at radius 2 is 1.77 bits per heavy atom. The third kappa shape index (κ3) is 6.82. The van der Waals surface area contributed by atoms with Gasteiger partial charge in [0.05, 0.1) is 12.2 Å². The van der Waals surface area contributed by atoms with Crippen LogP contribution >= 0.6 is 0 Å². The van der Waals surface area contributed by atoms with Crippen molar-refractivity contribution in [1.82, 2.24) is 25.3 Å². The Bertz CT molecular complexity index is 846. The number of aliphatic imine (C=N–C) groups is 1. The van der Waals surface area contributed by atoms with Gasteiger partial charge >= 0.3 is 0 Å². The van der Waals surface area contributed by atoms with Gasteiger partial charge in [0, 0.05) is 31.9 Å². The topological polar surface area (TPSA) is 57.5 Å². The van der Waals surface area contributed by atoms with E-state index in [1.165, 1.54) is 54.7 Å². The van der Waals surface area contributed by atoms with Crippen molar-refractivity contribution in [3.8, 4) is 0 Å². The number of hydrogen-bond donors (Lipinski definition) is 2. The fourth-order valence-corrected chi connectivity index (χ4v) is 4.32. The first-order valence-corrected chi connectivity index (χ1v) is 11.8. The lowest BCUT2D eigenvalue weighted by Crippen LogP contribution is -2.43. The second kappa shape index (κ2) is 11.3. The number of guanidine groups is 1. The summed E-state index contributed by atoms with van der Waals surface area (Å²) in [5.41, 5.74) is 6.31. The molecule has 0 bridgehead atoms. The fourth-order valence-electron chi connectivity index (χ4n) is 4.32. The van der Waals surface area contributed by atoms with E-state index < -0.39 is 0 Å². The highest BCUT2D eigenvalue weighted by atomic mass is 15.3. The first kappa shape index (κ1) is 23.3. The van der Waals surface area contributed by atoms with E-state index in [-0.39, 0.29) is 6.04 Å². The van der Waals surface area contributed by atoms with Crippen LogP contribution in [0.15, 0.2) is 29.3 Å². The molecule has 170 valence electrons. The highest BCUT2D eigenvalue weighted by molar-refractivity contribution is 5.80. The van der Waals surface area contributed by atoms with Gasteiger partial charge in [0.25, 0.3) is 0 Å². The van der Waals surface area contributed by atoms with Crippen molar-refractivity contribution in [1.29, 1.82) is 0 Å². The van der Waals surface area contributed by atoms with Crippen molar-refractivity contribution < 1.29 is 0 Å². The SMILES string of the molecule is CCNC(=NCc1ccc(CN2CCCCC2)cc1)NC(C)Cc1c(C)nn(C)c1C. The molecule has 1 saturated heterocycles. The molecule has 1 aromatic heterocycles. The average molecular weight is 425 g/mol. The quantitative estimate of drug-likeness (QED) is 0.501. The van der Waals surface area contributed by atoms with Crippen molar-refractivity contribution in [2.45, 2.75) is 72.5 Å². The predicted molar refractivity (Wildman–Crippen MR) is 129 cm³/mol. The van der Waals surface area contributed by atoms with Crippen LogP contribution in [0.4, 0.5) is 0 Å². The van der Waals surface area contributed by atoms with Crippen LogP contribution in [0.5, 0.6) is 0 Å². The molecule has 1 atom stereocenters. The number of aryl methyl sites for hydroxylation is 2. The predicted octanol–water partition coefficient (Wildman–Crippen LogP) is 3.71. The Kier molecular flexibility index (Phi) is 8.52. The van der Waals surface area contributed by atoms with E-state index in [1.807, 2.05) is 11.7 Å². The number of nitrogens with one attached hydrogen (secondary N) is 2. The number of likely N-dealkylation sites (tertiary alicyclic amines) is 1. The summed E-state index contributed by atoms with van der Waals surface area (Å²) in [7, 11) is 2.01. The third-order valence-corrected chi connectivity index (χ3v) is 6.19. The number of aromatic nitrogens is 2. The van der Waals surface area contributed by atoms with Crippen molar-refractivity contribution in [2.24, 2.45) is 12.0 Å². The molecule has 1 aromatic carbocycles.